The molecule has 0 aliphatic rings. The number of rotatable bonds is 17. The Balaban J connectivity index is 1.82. The molecule has 146 valence electrons. The summed E-state index contributed by atoms with van der Waals surface area (Å²) >= 11 is 0. The number of H-pyrrole nitrogens is 1. The molecule has 1 rings (SSSR count). The van der Waals surface area contributed by atoms with Crippen LogP contribution in [-0.2, 0) is 6.54 Å². The lowest BCUT2D eigenvalue weighted by atomic mass is 10.0. The molecule has 0 saturated heterocycles. The summed E-state index contributed by atoms with van der Waals surface area (Å²) in [6, 6.07) is 0. The SMILES string of the molecule is CCCCCCCCCCCCCCCC[N+](C)(C)Cc1cnc[nH]1. The highest BCUT2D eigenvalue weighted by molar-refractivity contribution is 4.91. The van der Waals surface area contributed by atoms with Crippen LogP contribution in [0.15, 0.2) is 12.5 Å². The lowest BCUT2D eigenvalue weighted by Crippen LogP contribution is -2.39. The maximum atomic E-state index is 4.11. The van der Waals surface area contributed by atoms with Crippen molar-refractivity contribution in [3.8, 4) is 0 Å². The Kier molecular flexibility index (Phi) is 12.8. The summed E-state index contributed by atoms with van der Waals surface area (Å²) in [6.45, 7) is 4.61. The normalized spacial score (nSPS) is 12.0. The van der Waals surface area contributed by atoms with Crippen molar-refractivity contribution in [3.63, 3.8) is 0 Å². The van der Waals surface area contributed by atoms with Gasteiger partial charge in [-0.2, -0.15) is 0 Å². The van der Waals surface area contributed by atoms with Gasteiger partial charge in [0.2, 0.25) is 0 Å². The van der Waals surface area contributed by atoms with Gasteiger partial charge in [0.05, 0.1) is 38.9 Å². The van der Waals surface area contributed by atoms with Gasteiger partial charge in [-0.25, -0.2) is 4.98 Å². The van der Waals surface area contributed by atoms with Crippen molar-refractivity contribution in [2.45, 2.75) is 103 Å². The molecular weight excluding hydrogens is 306 g/mol. The molecule has 0 spiro atoms. The first-order valence-electron chi connectivity index (χ1n) is 10.9. The van der Waals surface area contributed by atoms with Gasteiger partial charge in [0, 0.05) is 0 Å². The first kappa shape index (κ1) is 22.2. The number of imidazole rings is 1. The third-order valence-electron chi connectivity index (χ3n) is 5.27. The fourth-order valence-electron chi connectivity index (χ4n) is 3.65. The van der Waals surface area contributed by atoms with Crippen LogP contribution in [0.5, 0.6) is 0 Å². The maximum absolute atomic E-state index is 4.11. The van der Waals surface area contributed by atoms with E-state index < -0.39 is 0 Å². The van der Waals surface area contributed by atoms with Crippen LogP contribution < -0.4 is 0 Å². The van der Waals surface area contributed by atoms with Crippen LogP contribution >= 0.6 is 0 Å². The van der Waals surface area contributed by atoms with E-state index in [-0.39, 0.29) is 0 Å². The molecule has 3 nitrogen and oxygen atoms in total. The number of aromatic nitrogens is 2. The molecule has 0 unspecified atom stereocenters. The van der Waals surface area contributed by atoms with Gasteiger partial charge in [0.15, 0.2) is 0 Å². The molecule has 25 heavy (non-hydrogen) atoms. The number of aromatic amines is 1. The largest absolute Gasteiger partial charge is 0.344 e. The fraction of sp³-hybridized carbons (Fsp3) is 0.864. The molecule has 0 radical (unpaired) electrons. The van der Waals surface area contributed by atoms with E-state index in [1.165, 1.54) is 102 Å². The van der Waals surface area contributed by atoms with E-state index in [2.05, 4.69) is 31.0 Å². The average Bonchev–Trinajstić information content (AvgIpc) is 3.07. The van der Waals surface area contributed by atoms with E-state index in [0.29, 0.717) is 0 Å². The highest BCUT2D eigenvalue weighted by Crippen LogP contribution is 2.14. The Bertz CT molecular complexity index is 384. The lowest BCUT2D eigenvalue weighted by Gasteiger charge is -2.29. The first-order chi connectivity index (χ1) is 12.1. The lowest BCUT2D eigenvalue weighted by molar-refractivity contribution is -0.904. The molecule has 1 aromatic rings. The molecule has 1 aromatic heterocycles. The zero-order chi connectivity index (χ0) is 18.2. The maximum Gasteiger partial charge on any atom is 0.121 e. The summed E-state index contributed by atoms with van der Waals surface area (Å²) in [5, 5.41) is 0. The van der Waals surface area contributed by atoms with Crippen molar-refractivity contribution in [2.24, 2.45) is 0 Å². The van der Waals surface area contributed by atoms with Crippen LogP contribution in [0.2, 0.25) is 0 Å². The minimum absolute atomic E-state index is 1.05. The number of nitrogens with zero attached hydrogens (tertiary/aromatic N) is 2. The van der Waals surface area contributed by atoms with Crippen LogP contribution in [0.4, 0.5) is 0 Å². The molecular formula is C22H44N3+. The fourth-order valence-corrected chi connectivity index (χ4v) is 3.65. The van der Waals surface area contributed by atoms with E-state index >= 15 is 0 Å². The molecule has 1 heterocycles. The van der Waals surface area contributed by atoms with Gasteiger partial charge in [0.25, 0.3) is 0 Å². The van der Waals surface area contributed by atoms with Crippen LogP contribution in [0.25, 0.3) is 0 Å². The van der Waals surface area contributed by atoms with Gasteiger partial charge < -0.3 is 9.47 Å². The van der Waals surface area contributed by atoms with E-state index in [4.69, 9.17) is 0 Å². The number of hydrogen-bond acceptors (Lipinski definition) is 1. The quantitative estimate of drug-likeness (QED) is 0.253. The average molecular weight is 351 g/mol. The van der Waals surface area contributed by atoms with Crippen molar-refractivity contribution >= 4 is 0 Å². The number of hydrogen-bond donors (Lipinski definition) is 1. The molecule has 0 atom stereocenters. The molecule has 3 heteroatoms. The second kappa shape index (κ2) is 14.4. The Labute approximate surface area is 157 Å². The van der Waals surface area contributed by atoms with Gasteiger partial charge >= 0.3 is 0 Å². The predicted molar refractivity (Wildman–Crippen MR) is 110 cm³/mol. The van der Waals surface area contributed by atoms with E-state index in [1.807, 2.05) is 6.20 Å². The highest BCUT2D eigenvalue weighted by Gasteiger charge is 2.15. The molecule has 1 N–H and O–H groups in total. The van der Waals surface area contributed by atoms with Crippen LogP contribution in [0.1, 0.15) is 103 Å². The summed E-state index contributed by atoms with van der Waals surface area (Å²) in [5.74, 6) is 0. The smallest absolute Gasteiger partial charge is 0.121 e. The van der Waals surface area contributed by atoms with Gasteiger partial charge in [-0.3, -0.25) is 0 Å². The van der Waals surface area contributed by atoms with E-state index in [1.54, 1.807) is 6.33 Å². The summed E-state index contributed by atoms with van der Waals surface area (Å²) in [7, 11) is 4.65. The molecule has 0 fully saturated rings. The topological polar surface area (TPSA) is 28.7 Å². The minimum Gasteiger partial charge on any atom is -0.344 e. The van der Waals surface area contributed by atoms with Crippen molar-refractivity contribution in [3.05, 3.63) is 18.2 Å². The Hall–Kier alpha value is -0.830. The van der Waals surface area contributed by atoms with Gasteiger partial charge in [-0.1, -0.05) is 84.0 Å². The van der Waals surface area contributed by atoms with Gasteiger partial charge in [0.1, 0.15) is 6.54 Å². The number of quaternary nitrogens is 1. The molecule has 0 saturated carbocycles. The third kappa shape index (κ3) is 13.1. The summed E-state index contributed by atoms with van der Waals surface area (Å²) < 4.78 is 1.06. The van der Waals surface area contributed by atoms with Crippen molar-refractivity contribution < 1.29 is 4.48 Å². The second-order valence-corrected chi connectivity index (χ2v) is 8.49. The molecule has 0 amide bonds. The van der Waals surface area contributed by atoms with Crippen molar-refractivity contribution in [1.82, 2.24) is 9.97 Å². The van der Waals surface area contributed by atoms with Crippen LogP contribution in [0, 0.1) is 0 Å². The molecule has 0 bridgehead atoms. The standard InChI is InChI=1S/C22H44N3/c1-4-5-6-7-8-9-10-11-12-13-14-15-16-17-18-25(2,3)20-22-19-23-21-24-22/h19,21H,4-18,20H2,1-3H3,(H,23,24)/q+1. The Morgan fingerprint density at radius 2 is 1.24 bits per heavy atom. The Morgan fingerprint density at radius 3 is 1.68 bits per heavy atom. The zero-order valence-electron chi connectivity index (χ0n) is 17.4. The number of nitrogens with one attached hydrogen (secondary N) is 1. The van der Waals surface area contributed by atoms with Crippen molar-refractivity contribution in [1.29, 1.82) is 0 Å². The van der Waals surface area contributed by atoms with E-state index in [9.17, 15) is 0 Å². The number of unbranched alkanes of at least 4 members (excludes halogenated alkanes) is 13. The van der Waals surface area contributed by atoms with Crippen molar-refractivity contribution in [2.75, 3.05) is 20.6 Å². The predicted octanol–water partition coefficient (Wildman–Crippen LogP) is 6.47. The molecule has 0 aromatic carbocycles. The van der Waals surface area contributed by atoms with Gasteiger partial charge in [-0.15, -0.1) is 0 Å². The second-order valence-electron chi connectivity index (χ2n) is 8.49. The highest BCUT2D eigenvalue weighted by atomic mass is 15.3. The van der Waals surface area contributed by atoms with E-state index in [0.717, 1.165) is 11.0 Å². The monoisotopic (exact) mass is 350 g/mol. The summed E-state index contributed by atoms with van der Waals surface area (Å²) in [5.41, 5.74) is 1.25. The first-order valence-corrected chi connectivity index (χ1v) is 10.9. The minimum atomic E-state index is 1.05. The van der Waals surface area contributed by atoms with Gasteiger partial charge in [-0.05, 0) is 12.8 Å². The van der Waals surface area contributed by atoms with Crippen LogP contribution in [-0.4, -0.2) is 35.1 Å². The summed E-state index contributed by atoms with van der Waals surface area (Å²) in [4.78, 5) is 7.33. The van der Waals surface area contributed by atoms with Crippen LogP contribution in [0.3, 0.4) is 0 Å². The molecule has 0 aliphatic heterocycles. The summed E-state index contributed by atoms with van der Waals surface area (Å²) in [6.07, 6.45) is 23.8. The zero-order valence-corrected chi connectivity index (χ0v) is 17.4. The third-order valence-corrected chi connectivity index (χ3v) is 5.27. The molecule has 0 aliphatic carbocycles. The Morgan fingerprint density at radius 1 is 0.760 bits per heavy atom.